The SMILES string of the molecule is O=C(CN(Cc1ccc2c(c1)OCCO2)C1CCCC1)NC1CC1. The molecular weight excluding hydrogens is 304 g/mol. The molecule has 1 aromatic rings. The van der Waals surface area contributed by atoms with E-state index >= 15 is 0 Å². The van der Waals surface area contributed by atoms with Crippen molar-refractivity contribution in [2.24, 2.45) is 0 Å². The highest BCUT2D eigenvalue weighted by Crippen LogP contribution is 2.32. The quantitative estimate of drug-likeness (QED) is 0.871. The summed E-state index contributed by atoms with van der Waals surface area (Å²) in [6.45, 7) is 2.50. The molecular formula is C19H26N2O3. The number of fused-ring (bicyclic) bond motifs is 1. The molecule has 0 aromatic heterocycles. The zero-order valence-electron chi connectivity index (χ0n) is 14.1. The summed E-state index contributed by atoms with van der Waals surface area (Å²) in [5, 5.41) is 3.12. The Morgan fingerprint density at radius 2 is 1.83 bits per heavy atom. The molecule has 2 aliphatic carbocycles. The maximum Gasteiger partial charge on any atom is 0.234 e. The maximum atomic E-state index is 12.3. The van der Waals surface area contributed by atoms with Gasteiger partial charge in [0, 0.05) is 18.6 Å². The predicted molar refractivity (Wildman–Crippen MR) is 91.3 cm³/mol. The second-order valence-corrected chi connectivity index (χ2v) is 7.16. The lowest BCUT2D eigenvalue weighted by atomic mass is 10.1. The number of benzene rings is 1. The van der Waals surface area contributed by atoms with Gasteiger partial charge in [0.15, 0.2) is 11.5 Å². The Morgan fingerprint density at radius 1 is 1.08 bits per heavy atom. The average Bonchev–Trinajstić information content (AvgIpc) is 3.23. The molecule has 24 heavy (non-hydrogen) atoms. The zero-order valence-corrected chi connectivity index (χ0v) is 14.1. The van der Waals surface area contributed by atoms with Crippen molar-refractivity contribution < 1.29 is 14.3 Å². The molecule has 1 heterocycles. The van der Waals surface area contributed by atoms with Gasteiger partial charge in [-0.3, -0.25) is 9.69 Å². The molecule has 4 rings (SSSR count). The van der Waals surface area contributed by atoms with Gasteiger partial charge in [0.05, 0.1) is 6.54 Å². The predicted octanol–water partition coefficient (Wildman–Crippen LogP) is 2.48. The number of rotatable bonds is 6. The number of ether oxygens (including phenoxy) is 2. The van der Waals surface area contributed by atoms with Gasteiger partial charge in [0.25, 0.3) is 0 Å². The van der Waals surface area contributed by atoms with Gasteiger partial charge < -0.3 is 14.8 Å². The third kappa shape index (κ3) is 3.83. The first kappa shape index (κ1) is 15.8. The Hall–Kier alpha value is -1.75. The van der Waals surface area contributed by atoms with Crippen LogP contribution in [0, 0.1) is 0 Å². The number of amides is 1. The Morgan fingerprint density at radius 3 is 2.58 bits per heavy atom. The van der Waals surface area contributed by atoms with Crippen molar-refractivity contribution in [1.29, 1.82) is 0 Å². The minimum absolute atomic E-state index is 0.168. The molecule has 0 unspecified atom stereocenters. The molecule has 0 atom stereocenters. The van der Waals surface area contributed by atoms with Crippen molar-refractivity contribution in [2.45, 2.75) is 57.2 Å². The van der Waals surface area contributed by atoms with Crippen LogP contribution in [0.4, 0.5) is 0 Å². The Kier molecular flexibility index (Phi) is 4.60. The number of nitrogens with zero attached hydrogens (tertiary/aromatic N) is 1. The van der Waals surface area contributed by atoms with E-state index < -0.39 is 0 Å². The molecule has 0 spiro atoms. The molecule has 130 valence electrons. The van der Waals surface area contributed by atoms with E-state index in [1.54, 1.807) is 0 Å². The summed E-state index contributed by atoms with van der Waals surface area (Å²) in [4.78, 5) is 14.6. The van der Waals surface area contributed by atoms with Crippen LogP contribution in [0.5, 0.6) is 11.5 Å². The van der Waals surface area contributed by atoms with Crippen LogP contribution >= 0.6 is 0 Å². The molecule has 3 aliphatic rings. The zero-order chi connectivity index (χ0) is 16.4. The summed E-state index contributed by atoms with van der Waals surface area (Å²) in [6, 6.07) is 7.09. The van der Waals surface area contributed by atoms with Crippen LogP contribution in [0.15, 0.2) is 18.2 Å². The molecule has 1 aromatic carbocycles. The number of hydrogen-bond donors (Lipinski definition) is 1. The van der Waals surface area contributed by atoms with Crippen molar-refractivity contribution in [3.63, 3.8) is 0 Å². The average molecular weight is 330 g/mol. The van der Waals surface area contributed by atoms with Crippen LogP contribution in [0.3, 0.4) is 0 Å². The molecule has 1 aliphatic heterocycles. The van der Waals surface area contributed by atoms with E-state index in [1.165, 1.54) is 31.2 Å². The van der Waals surface area contributed by atoms with Gasteiger partial charge in [0.1, 0.15) is 13.2 Å². The van der Waals surface area contributed by atoms with E-state index in [-0.39, 0.29) is 5.91 Å². The van der Waals surface area contributed by atoms with Gasteiger partial charge in [-0.25, -0.2) is 0 Å². The number of carbonyl (C=O) groups excluding carboxylic acids is 1. The summed E-state index contributed by atoms with van der Waals surface area (Å²) in [6.07, 6.45) is 7.20. The van der Waals surface area contributed by atoms with Gasteiger partial charge in [-0.1, -0.05) is 18.9 Å². The number of carbonyl (C=O) groups is 1. The molecule has 1 N–H and O–H groups in total. The first-order valence-corrected chi connectivity index (χ1v) is 9.20. The molecule has 5 nitrogen and oxygen atoms in total. The van der Waals surface area contributed by atoms with Gasteiger partial charge in [-0.05, 0) is 43.4 Å². The van der Waals surface area contributed by atoms with Crippen LogP contribution < -0.4 is 14.8 Å². The molecule has 0 saturated heterocycles. The summed E-state index contributed by atoms with van der Waals surface area (Å²) >= 11 is 0. The van der Waals surface area contributed by atoms with Crippen molar-refractivity contribution in [1.82, 2.24) is 10.2 Å². The second kappa shape index (κ2) is 7.01. The third-order valence-electron chi connectivity index (χ3n) is 5.12. The Bertz CT molecular complexity index is 594. The summed E-state index contributed by atoms with van der Waals surface area (Å²) < 4.78 is 11.3. The van der Waals surface area contributed by atoms with E-state index in [9.17, 15) is 4.79 Å². The van der Waals surface area contributed by atoms with Gasteiger partial charge in [-0.15, -0.1) is 0 Å². The van der Waals surface area contributed by atoms with Crippen molar-refractivity contribution in [2.75, 3.05) is 19.8 Å². The molecule has 1 amide bonds. The fourth-order valence-corrected chi connectivity index (χ4v) is 3.69. The van der Waals surface area contributed by atoms with E-state index in [2.05, 4.69) is 22.3 Å². The lowest BCUT2D eigenvalue weighted by Crippen LogP contribution is -2.42. The van der Waals surface area contributed by atoms with Gasteiger partial charge >= 0.3 is 0 Å². The summed E-state index contributed by atoms with van der Waals surface area (Å²) in [5.41, 5.74) is 1.19. The first-order valence-electron chi connectivity index (χ1n) is 9.20. The van der Waals surface area contributed by atoms with Crippen LogP contribution in [0.2, 0.25) is 0 Å². The summed E-state index contributed by atoms with van der Waals surface area (Å²) in [5.74, 6) is 1.82. The lowest BCUT2D eigenvalue weighted by molar-refractivity contribution is -0.123. The van der Waals surface area contributed by atoms with Crippen LogP contribution in [-0.4, -0.2) is 42.6 Å². The number of hydrogen-bond acceptors (Lipinski definition) is 4. The lowest BCUT2D eigenvalue weighted by Gasteiger charge is -2.29. The fraction of sp³-hybridized carbons (Fsp3) is 0.632. The van der Waals surface area contributed by atoms with E-state index in [4.69, 9.17) is 9.47 Å². The van der Waals surface area contributed by atoms with Crippen molar-refractivity contribution in [3.05, 3.63) is 23.8 Å². The minimum Gasteiger partial charge on any atom is -0.486 e. The smallest absolute Gasteiger partial charge is 0.234 e. The largest absolute Gasteiger partial charge is 0.486 e. The standard InChI is InChI=1S/C19H26N2O3/c22-19(20-15-6-7-15)13-21(16-3-1-2-4-16)12-14-5-8-17-18(11-14)24-10-9-23-17/h5,8,11,15-16H,1-4,6-7,9-10,12-13H2,(H,20,22). The molecule has 2 fully saturated rings. The summed E-state index contributed by atoms with van der Waals surface area (Å²) in [7, 11) is 0. The topological polar surface area (TPSA) is 50.8 Å². The maximum absolute atomic E-state index is 12.3. The van der Waals surface area contributed by atoms with E-state index in [0.29, 0.717) is 31.8 Å². The van der Waals surface area contributed by atoms with E-state index in [0.717, 1.165) is 30.9 Å². The first-order chi connectivity index (χ1) is 11.8. The molecule has 2 saturated carbocycles. The number of nitrogens with one attached hydrogen (secondary N) is 1. The normalized spacial score (nSPS) is 20.4. The van der Waals surface area contributed by atoms with Crippen molar-refractivity contribution >= 4 is 5.91 Å². The Labute approximate surface area is 143 Å². The van der Waals surface area contributed by atoms with Crippen LogP contribution in [0.1, 0.15) is 44.1 Å². The Balaban J connectivity index is 1.44. The van der Waals surface area contributed by atoms with Crippen molar-refractivity contribution in [3.8, 4) is 11.5 Å². The van der Waals surface area contributed by atoms with Crippen LogP contribution in [-0.2, 0) is 11.3 Å². The second-order valence-electron chi connectivity index (χ2n) is 7.16. The minimum atomic E-state index is 0.168. The highest BCUT2D eigenvalue weighted by molar-refractivity contribution is 5.78. The highest BCUT2D eigenvalue weighted by Gasteiger charge is 2.28. The van der Waals surface area contributed by atoms with E-state index in [1.807, 2.05) is 6.07 Å². The van der Waals surface area contributed by atoms with Gasteiger partial charge in [-0.2, -0.15) is 0 Å². The monoisotopic (exact) mass is 330 g/mol. The third-order valence-corrected chi connectivity index (χ3v) is 5.12. The fourth-order valence-electron chi connectivity index (χ4n) is 3.69. The highest BCUT2D eigenvalue weighted by atomic mass is 16.6. The van der Waals surface area contributed by atoms with Gasteiger partial charge in [0.2, 0.25) is 5.91 Å². The molecule has 0 radical (unpaired) electrons. The molecule has 0 bridgehead atoms. The van der Waals surface area contributed by atoms with Crippen LogP contribution in [0.25, 0.3) is 0 Å². The molecule has 5 heteroatoms.